The molecule has 5 aliphatic rings. The zero-order valence-electron chi connectivity index (χ0n) is 31.9. The summed E-state index contributed by atoms with van der Waals surface area (Å²) in [5, 5.41) is 2.71. The van der Waals surface area contributed by atoms with E-state index < -0.39 is 0 Å². The zero-order valence-corrected chi connectivity index (χ0v) is 32.7. The average Bonchev–Trinajstić information content (AvgIpc) is 3.41. The van der Waals surface area contributed by atoms with Crippen LogP contribution in [-0.2, 0) is 10.8 Å². The second-order valence-electron chi connectivity index (χ2n) is 17.8. The molecule has 1 heterocycles. The minimum Gasteiger partial charge on any atom is -0.310 e. The molecule has 6 aromatic carbocycles. The summed E-state index contributed by atoms with van der Waals surface area (Å²) in [5.74, 6) is 2.84. The molecule has 0 atom stereocenters. The van der Waals surface area contributed by atoms with Crippen molar-refractivity contribution in [1.82, 2.24) is 0 Å². The highest BCUT2D eigenvalue weighted by molar-refractivity contribution is 7.26. The van der Waals surface area contributed by atoms with Gasteiger partial charge in [0.15, 0.2) is 0 Å². The number of fused-ring (bicyclic) bond motifs is 3. The maximum atomic E-state index is 2.53. The lowest BCUT2D eigenvalue weighted by Gasteiger charge is -2.57. The van der Waals surface area contributed by atoms with Gasteiger partial charge in [0.05, 0.1) is 0 Å². The Labute approximate surface area is 331 Å². The van der Waals surface area contributed by atoms with Crippen LogP contribution in [-0.4, -0.2) is 0 Å². The van der Waals surface area contributed by atoms with Crippen molar-refractivity contribution in [2.24, 2.45) is 17.8 Å². The molecule has 12 rings (SSSR count). The van der Waals surface area contributed by atoms with Crippen LogP contribution in [0.5, 0.6) is 0 Å². The van der Waals surface area contributed by atoms with Gasteiger partial charge in [-0.05, 0) is 145 Å². The highest BCUT2D eigenvalue weighted by Gasteiger charge is 2.51. The number of nitrogens with zero attached hydrogens (tertiary/aromatic N) is 1. The number of thiophene rings is 1. The Morgan fingerprint density at radius 3 is 1.67 bits per heavy atom. The highest BCUT2D eigenvalue weighted by Crippen LogP contribution is 2.61. The molecule has 5 saturated carbocycles. The number of hydrogen-bond donors (Lipinski definition) is 0. The first-order valence-corrected chi connectivity index (χ1v) is 22.0. The second kappa shape index (κ2) is 13.5. The zero-order chi connectivity index (χ0) is 36.4. The molecule has 0 amide bonds. The van der Waals surface area contributed by atoms with Gasteiger partial charge in [-0.15, -0.1) is 11.3 Å². The molecule has 5 fully saturated rings. The quantitative estimate of drug-likeness (QED) is 0.147. The van der Waals surface area contributed by atoms with Gasteiger partial charge >= 0.3 is 0 Å². The molecule has 1 nitrogen and oxygen atoms in total. The number of anilines is 3. The van der Waals surface area contributed by atoms with Crippen molar-refractivity contribution in [3.8, 4) is 11.1 Å². The van der Waals surface area contributed by atoms with Crippen molar-refractivity contribution < 1.29 is 0 Å². The Morgan fingerprint density at radius 2 is 1.04 bits per heavy atom. The van der Waals surface area contributed by atoms with E-state index in [0.717, 1.165) is 17.8 Å². The predicted octanol–water partition coefficient (Wildman–Crippen LogP) is 15.3. The van der Waals surface area contributed by atoms with Crippen molar-refractivity contribution in [3.05, 3.63) is 162 Å². The minimum atomic E-state index is 0.0765. The SMILES string of the molecule is c1ccc(-c2cccc3sc4cc(N(c5ccc(C67CC8CC(CC(C8)C6)C7)cc5)c5ccc(C6(c7ccccc7)CCCCCC6)cc5)ccc4c23)cc1. The Balaban J connectivity index is 1.02. The molecule has 0 aliphatic heterocycles. The van der Waals surface area contributed by atoms with Crippen molar-refractivity contribution >= 4 is 48.6 Å². The molecule has 7 aromatic rings. The van der Waals surface area contributed by atoms with Gasteiger partial charge in [-0.3, -0.25) is 0 Å². The highest BCUT2D eigenvalue weighted by atomic mass is 32.1. The van der Waals surface area contributed by atoms with Crippen molar-refractivity contribution in [2.75, 3.05) is 4.90 Å². The van der Waals surface area contributed by atoms with Crippen LogP contribution in [0, 0.1) is 17.8 Å². The number of hydrogen-bond acceptors (Lipinski definition) is 2. The largest absolute Gasteiger partial charge is 0.310 e. The molecule has 5 aliphatic carbocycles. The topological polar surface area (TPSA) is 3.24 Å². The summed E-state index contributed by atoms with van der Waals surface area (Å²) in [5.41, 5.74) is 11.3. The van der Waals surface area contributed by atoms with Crippen LogP contribution in [0.3, 0.4) is 0 Å². The Morgan fingerprint density at radius 1 is 0.473 bits per heavy atom. The third kappa shape index (κ3) is 5.78. The summed E-state index contributed by atoms with van der Waals surface area (Å²) in [7, 11) is 0. The number of benzene rings is 6. The Hall–Kier alpha value is -4.66. The average molecular weight is 734 g/mol. The summed E-state index contributed by atoms with van der Waals surface area (Å²) in [4.78, 5) is 2.53. The van der Waals surface area contributed by atoms with Crippen LogP contribution in [0.25, 0.3) is 31.3 Å². The van der Waals surface area contributed by atoms with E-state index >= 15 is 0 Å². The van der Waals surface area contributed by atoms with E-state index in [1.165, 1.54) is 137 Å². The van der Waals surface area contributed by atoms with Gasteiger partial charge in [0.25, 0.3) is 0 Å². The molecule has 1 aromatic heterocycles. The van der Waals surface area contributed by atoms with Gasteiger partial charge in [-0.2, -0.15) is 0 Å². The number of rotatable bonds is 7. The maximum Gasteiger partial charge on any atom is 0.0476 e. The van der Waals surface area contributed by atoms with E-state index in [1.807, 2.05) is 11.3 Å². The second-order valence-corrected chi connectivity index (χ2v) is 18.9. The van der Waals surface area contributed by atoms with Gasteiger partial charge in [0.1, 0.15) is 0 Å². The Kier molecular flexibility index (Phi) is 8.28. The molecule has 274 valence electrons. The molecule has 4 bridgehead atoms. The van der Waals surface area contributed by atoms with Crippen molar-refractivity contribution in [2.45, 2.75) is 87.9 Å². The fraction of sp³-hybridized carbons (Fsp3) is 0.321. The van der Waals surface area contributed by atoms with Crippen LogP contribution >= 0.6 is 11.3 Å². The lowest BCUT2D eigenvalue weighted by Crippen LogP contribution is -2.48. The van der Waals surface area contributed by atoms with E-state index in [0.29, 0.717) is 5.41 Å². The fourth-order valence-electron chi connectivity index (χ4n) is 12.5. The van der Waals surface area contributed by atoms with Gasteiger partial charge in [0.2, 0.25) is 0 Å². The van der Waals surface area contributed by atoms with Gasteiger partial charge in [0, 0.05) is 42.6 Å². The van der Waals surface area contributed by atoms with Gasteiger partial charge in [-0.25, -0.2) is 0 Å². The first-order valence-electron chi connectivity index (χ1n) is 21.2. The molecule has 0 spiro atoms. The summed E-state index contributed by atoms with van der Waals surface area (Å²) >= 11 is 1.92. The first-order chi connectivity index (χ1) is 27.1. The van der Waals surface area contributed by atoms with Crippen LogP contribution in [0.2, 0.25) is 0 Å². The van der Waals surface area contributed by atoms with E-state index in [2.05, 4.69) is 150 Å². The monoisotopic (exact) mass is 733 g/mol. The molecule has 2 heteroatoms. The minimum absolute atomic E-state index is 0.0765. The van der Waals surface area contributed by atoms with Gasteiger partial charge in [-0.1, -0.05) is 129 Å². The van der Waals surface area contributed by atoms with Crippen LogP contribution in [0.4, 0.5) is 17.1 Å². The van der Waals surface area contributed by atoms with E-state index in [-0.39, 0.29) is 5.41 Å². The molecule has 0 N–H and O–H groups in total. The molecular formula is C53H51NS. The summed E-state index contributed by atoms with van der Waals surface area (Å²) in [6.45, 7) is 0. The van der Waals surface area contributed by atoms with Gasteiger partial charge < -0.3 is 4.90 Å². The van der Waals surface area contributed by atoms with Crippen LogP contribution < -0.4 is 4.90 Å². The summed E-state index contributed by atoms with van der Waals surface area (Å²) in [6.07, 6.45) is 16.4. The predicted molar refractivity (Wildman–Crippen MR) is 234 cm³/mol. The fourth-order valence-corrected chi connectivity index (χ4v) is 13.6. The molecular weight excluding hydrogens is 683 g/mol. The lowest BCUT2D eigenvalue weighted by molar-refractivity contribution is -0.00518. The summed E-state index contributed by atoms with van der Waals surface area (Å²) in [6, 6.07) is 56.0. The van der Waals surface area contributed by atoms with E-state index in [1.54, 1.807) is 5.56 Å². The first kappa shape index (κ1) is 33.7. The lowest BCUT2D eigenvalue weighted by atomic mass is 9.48. The summed E-state index contributed by atoms with van der Waals surface area (Å²) < 4.78 is 2.68. The van der Waals surface area contributed by atoms with Crippen LogP contribution in [0.1, 0.15) is 93.7 Å². The third-order valence-corrected chi connectivity index (χ3v) is 15.7. The molecule has 0 radical (unpaired) electrons. The molecule has 0 unspecified atom stereocenters. The van der Waals surface area contributed by atoms with Crippen LogP contribution in [0.15, 0.2) is 146 Å². The van der Waals surface area contributed by atoms with E-state index in [4.69, 9.17) is 0 Å². The standard InChI is InChI=1S/C53H51NS/c1-2-10-29-53(28-9-1,42-14-7-4-8-15-42)43-20-24-45(25-21-43)54(44-22-18-41(19-23-44)52-34-37-30-38(35-52)32-39(31-37)36-52)46-26-27-48-50(33-46)55-49-17-11-16-47(51(48)49)40-12-5-3-6-13-40/h3-8,11-27,33,37-39H,1-2,9-10,28-32,34-36H2. The van der Waals surface area contributed by atoms with E-state index in [9.17, 15) is 0 Å². The third-order valence-electron chi connectivity index (χ3n) is 14.6. The van der Waals surface area contributed by atoms with Crippen molar-refractivity contribution in [1.29, 1.82) is 0 Å². The smallest absolute Gasteiger partial charge is 0.0476 e. The maximum absolute atomic E-state index is 2.53. The molecule has 55 heavy (non-hydrogen) atoms. The molecule has 0 saturated heterocycles. The van der Waals surface area contributed by atoms with Crippen molar-refractivity contribution in [3.63, 3.8) is 0 Å². The Bertz CT molecular complexity index is 2410. The normalized spacial score (nSPS) is 24.3.